The van der Waals surface area contributed by atoms with Crippen LogP contribution in [0.2, 0.25) is 0 Å². The molecule has 0 aliphatic carbocycles. The molecule has 21 heavy (non-hydrogen) atoms. The van der Waals surface area contributed by atoms with Crippen LogP contribution in [0.1, 0.15) is 29.6 Å². The molecule has 2 aromatic heterocycles. The van der Waals surface area contributed by atoms with Crippen molar-refractivity contribution in [2.24, 2.45) is 0 Å². The highest BCUT2D eigenvalue weighted by Crippen LogP contribution is 2.24. The van der Waals surface area contributed by atoms with Gasteiger partial charge in [0.2, 0.25) is 0 Å². The van der Waals surface area contributed by atoms with E-state index in [1.165, 1.54) is 5.69 Å². The summed E-state index contributed by atoms with van der Waals surface area (Å²) < 4.78 is 7.44. The number of nitrogens with zero attached hydrogens (tertiary/aromatic N) is 3. The quantitative estimate of drug-likeness (QED) is 0.731. The second kappa shape index (κ2) is 5.56. The lowest BCUT2D eigenvalue weighted by molar-refractivity contribution is 0.392. The molecule has 0 spiro atoms. The van der Waals surface area contributed by atoms with Gasteiger partial charge in [0.25, 0.3) is 0 Å². The lowest BCUT2D eigenvalue weighted by atomic mass is 10.1. The molecule has 4 nitrogen and oxygen atoms in total. The lowest BCUT2D eigenvalue weighted by Gasteiger charge is -2.08. The van der Waals surface area contributed by atoms with Gasteiger partial charge in [0, 0.05) is 16.8 Å². The Morgan fingerprint density at radius 1 is 1.14 bits per heavy atom. The molecule has 2 heterocycles. The minimum atomic E-state index is 0.754. The molecule has 0 amide bonds. The maximum atomic E-state index is 5.25. The molecule has 0 fully saturated rings. The van der Waals surface area contributed by atoms with Gasteiger partial charge in [0.05, 0.1) is 24.3 Å². The molecular weight excluding hydrogens is 262 g/mol. The highest BCUT2D eigenvalue weighted by molar-refractivity contribution is 5.61. The Balaban J connectivity index is 2.00. The molecular formula is C17H19N3O. The van der Waals surface area contributed by atoms with Crippen LogP contribution in [-0.2, 0) is 13.0 Å². The van der Waals surface area contributed by atoms with E-state index in [0.717, 1.165) is 41.2 Å². The van der Waals surface area contributed by atoms with Crippen LogP contribution in [-0.4, -0.2) is 14.7 Å². The Bertz CT molecular complexity index is 721. The Kier molecular flexibility index (Phi) is 3.60. The number of imidazole rings is 1. The molecule has 108 valence electrons. The highest BCUT2D eigenvalue weighted by Gasteiger charge is 2.15. The van der Waals surface area contributed by atoms with E-state index in [1.807, 2.05) is 38.4 Å². The van der Waals surface area contributed by atoms with E-state index >= 15 is 0 Å². The van der Waals surface area contributed by atoms with E-state index in [-0.39, 0.29) is 0 Å². The molecule has 0 saturated heterocycles. The van der Waals surface area contributed by atoms with Gasteiger partial charge in [-0.15, -0.1) is 0 Å². The van der Waals surface area contributed by atoms with Gasteiger partial charge < -0.3 is 9.09 Å². The Morgan fingerprint density at radius 3 is 2.52 bits per heavy atom. The topological polar surface area (TPSA) is 43.9 Å². The Labute approximate surface area is 124 Å². The third kappa shape index (κ3) is 2.49. The van der Waals surface area contributed by atoms with Crippen molar-refractivity contribution in [1.29, 1.82) is 0 Å². The summed E-state index contributed by atoms with van der Waals surface area (Å²) in [5.74, 6) is 0.879. The first kappa shape index (κ1) is 13.6. The molecule has 4 heteroatoms. The van der Waals surface area contributed by atoms with Gasteiger partial charge in [-0.05, 0) is 20.3 Å². The second-order valence-corrected chi connectivity index (χ2v) is 5.19. The minimum Gasteiger partial charge on any atom is -0.361 e. The van der Waals surface area contributed by atoms with Gasteiger partial charge in [0.15, 0.2) is 0 Å². The van der Waals surface area contributed by atoms with Crippen molar-refractivity contribution in [3.63, 3.8) is 0 Å². The molecule has 0 N–H and O–H groups in total. The summed E-state index contributed by atoms with van der Waals surface area (Å²) in [5.41, 5.74) is 5.55. The summed E-state index contributed by atoms with van der Waals surface area (Å²) in [7, 11) is 0. The molecule has 0 saturated carbocycles. The maximum Gasteiger partial charge on any atom is 0.138 e. The summed E-state index contributed by atoms with van der Waals surface area (Å²) in [6.45, 7) is 6.85. The number of hydrogen-bond acceptors (Lipinski definition) is 3. The zero-order chi connectivity index (χ0) is 14.8. The predicted molar refractivity (Wildman–Crippen MR) is 82.1 cm³/mol. The Hall–Kier alpha value is -2.36. The summed E-state index contributed by atoms with van der Waals surface area (Å²) in [4.78, 5) is 4.61. The number of hydrogen-bond donors (Lipinski definition) is 0. The first-order chi connectivity index (χ1) is 10.2. The SMILES string of the molecule is CCc1c(-c2ccccc2)ncn1Cc1c(C)noc1C. The van der Waals surface area contributed by atoms with Crippen LogP contribution in [0, 0.1) is 13.8 Å². The second-order valence-electron chi connectivity index (χ2n) is 5.19. The van der Waals surface area contributed by atoms with Crippen LogP contribution in [0.25, 0.3) is 11.3 Å². The van der Waals surface area contributed by atoms with Gasteiger partial charge >= 0.3 is 0 Å². The summed E-state index contributed by atoms with van der Waals surface area (Å²) >= 11 is 0. The number of benzene rings is 1. The fourth-order valence-corrected chi connectivity index (χ4v) is 2.65. The number of rotatable bonds is 4. The van der Waals surface area contributed by atoms with Gasteiger partial charge in [-0.3, -0.25) is 0 Å². The largest absolute Gasteiger partial charge is 0.361 e. The van der Waals surface area contributed by atoms with Crippen molar-refractivity contribution < 1.29 is 4.52 Å². The molecule has 0 atom stereocenters. The molecule has 0 aliphatic heterocycles. The van der Waals surface area contributed by atoms with E-state index in [1.54, 1.807) is 0 Å². The van der Waals surface area contributed by atoms with Crippen molar-refractivity contribution in [2.75, 3.05) is 0 Å². The van der Waals surface area contributed by atoms with Crippen LogP contribution in [0.3, 0.4) is 0 Å². The molecule has 0 radical (unpaired) electrons. The standard InChI is InChI=1S/C17H19N3O/c1-4-16-17(14-8-6-5-7-9-14)18-11-20(16)10-15-12(2)19-21-13(15)3/h5-9,11H,4,10H2,1-3H3. The van der Waals surface area contributed by atoms with E-state index < -0.39 is 0 Å². The molecule has 1 aromatic carbocycles. The lowest BCUT2D eigenvalue weighted by Crippen LogP contribution is -2.04. The zero-order valence-corrected chi connectivity index (χ0v) is 12.6. The average molecular weight is 281 g/mol. The monoisotopic (exact) mass is 281 g/mol. The van der Waals surface area contributed by atoms with Crippen LogP contribution in [0.15, 0.2) is 41.2 Å². The van der Waals surface area contributed by atoms with Gasteiger partial charge in [-0.2, -0.15) is 0 Å². The molecule has 0 bridgehead atoms. The normalized spacial score (nSPS) is 11.0. The zero-order valence-electron chi connectivity index (χ0n) is 12.6. The summed E-state index contributed by atoms with van der Waals surface area (Å²) in [6, 6.07) is 10.3. The summed E-state index contributed by atoms with van der Waals surface area (Å²) in [6.07, 6.45) is 2.85. The van der Waals surface area contributed by atoms with Crippen molar-refractivity contribution in [1.82, 2.24) is 14.7 Å². The van der Waals surface area contributed by atoms with E-state index in [0.29, 0.717) is 0 Å². The van der Waals surface area contributed by atoms with Crippen LogP contribution >= 0.6 is 0 Å². The van der Waals surface area contributed by atoms with Crippen molar-refractivity contribution in [2.45, 2.75) is 33.7 Å². The van der Waals surface area contributed by atoms with E-state index in [2.05, 4.69) is 33.8 Å². The van der Waals surface area contributed by atoms with Crippen LogP contribution in [0.5, 0.6) is 0 Å². The predicted octanol–water partition coefficient (Wildman–Crippen LogP) is 3.77. The fraction of sp³-hybridized carbons (Fsp3) is 0.294. The first-order valence-electron chi connectivity index (χ1n) is 7.22. The molecule has 3 aromatic rings. The third-order valence-corrected chi connectivity index (χ3v) is 3.84. The molecule has 0 aliphatic rings. The van der Waals surface area contributed by atoms with Gasteiger partial charge in [-0.1, -0.05) is 42.4 Å². The summed E-state index contributed by atoms with van der Waals surface area (Å²) in [5, 5.41) is 4.02. The molecule has 3 rings (SSSR count). The molecule has 0 unspecified atom stereocenters. The Morgan fingerprint density at radius 2 is 1.90 bits per heavy atom. The smallest absolute Gasteiger partial charge is 0.138 e. The fourth-order valence-electron chi connectivity index (χ4n) is 2.65. The number of aryl methyl sites for hydroxylation is 2. The van der Waals surface area contributed by atoms with Gasteiger partial charge in [-0.25, -0.2) is 4.98 Å². The van der Waals surface area contributed by atoms with Crippen molar-refractivity contribution in [3.8, 4) is 11.3 Å². The van der Waals surface area contributed by atoms with E-state index in [4.69, 9.17) is 4.52 Å². The first-order valence-corrected chi connectivity index (χ1v) is 7.22. The van der Waals surface area contributed by atoms with Gasteiger partial charge in [0.1, 0.15) is 5.76 Å². The average Bonchev–Trinajstić information content (AvgIpc) is 3.06. The highest BCUT2D eigenvalue weighted by atomic mass is 16.5. The van der Waals surface area contributed by atoms with Crippen LogP contribution < -0.4 is 0 Å². The third-order valence-electron chi connectivity index (χ3n) is 3.84. The van der Waals surface area contributed by atoms with Crippen LogP contribution in [0.4, 0.5) is 0 Å². The maximum absolute atomic E-state index is 5.25. The van der Waals surface area contributed by atoms with Crippen molar-refractivity contribution in [3.05, 3.63) is 59.4 Å². The van der Waals surface area contributed by atoms with Crippen molar-refractivity contribution >= 4 is 0 Å². The number of aromatic nitrogens is 3. The van der Waals surface area contributed by atoms with E-state index in [9.17, 15) is 0 Å². The minimum absolute atomic E-state index is 0.754.